The molecule has 42 heavy (non-hydrogen) atoms. The summed E-state index contributed by atoms with van der Waals surface area (Å²) >= 11 is 0. The van der Waals surface area contributed by atoms with Crippen molar-refractivity contribution in [3.63, 3.8) is 0 Å². The molecule has 2 aromatic carbocycles. The van der Waals surface area contributed by atoms with Crippen molar-refractivity contribution in [1.82, 2.24) is 19.8 Å². The number of anilines is 2. The zero-order valence-electron chi connectivity index (χ0n) is 23.0. The molecule has 0 atom stereocenters. The Labute approximate surface area is 240 Å². The number of carbonyl (C=O) groups is 1. The zero-order chi connectivity index (χ0) is 30.7. The number of ether oxygens (including phenoxy) is 1. The van der Waals surface area contributed by atoms with Gasteiger partial charge in [0.15, 0.2) is 11.7 Å². The third-order valence-corrected chi connectivity index (χ3v) is 6.12. The van der Waals surface area contributed by atoms with Crippen LogP contribution in [0.1, 0.15) is 18.4 Å². The summed E-state index contributed by atoms with van der Waals surface area (Å²) < 4.78 is 41.8. The first-order valence-corrected chi connectivity index (χ1v) is 13.0. The van der Waals surface area contributed by atoms with E-state index in [0.29, 0.717) is 25.2 Å². The summed E-state index contributed by atoms with van der Waals surface area (Å²) in [4.78, 5) is 35.5. The Bertz CT molecular complexity index is 1400. The summed E-state index contributed by atoms with van der Waals surface area (Å²) in [7, 11) is 1.77. The molecule has 0 aliphatic carbocycles. The number of hydrogen-bond donors (Lipinski definition) is 6. The summed E-state index contributed by atoms with van der Waals surface area (Å²) in [6, 6.07) is 11.5. The molecule has 226 valence electrons. The maximum absolute atomic E-state index is 12.7. The van der Waals surface area contributed by atoms with Crippen molar-refractivity contribution in [2.24, 2.45) is 11.5 Å². The van der Waals surface area contributed by atoms with Crippen molar-refractivity contribution < 1.29 is 22.7 Å². The van der Waals surface area contributed by atoms with Gasteiger partial charge in [0.1, 0.15) is 0 Å². The number of urea groups is 1. The molecule has 0 unspecified atom stereocenters. The molecule has 3 rings (SSSR count). The number of nitrogens with one attached hydrogen (secondary N) is 4. The average Bonchev–Trinajstić information content (AvgIpc) is 2.92. The van der Waals surface area contributed by atoms with E-state index in [1.54, 1.807) is 24.1 Å². The Morgan fingerprint density at radius 2 is 1.76 bits per heavy atom. The van der Waals surface area contributed by atoms with Crippen LogP contribution >= 0.6 is 0 Å². The van der Waals surface area contributed by atoms with E-state index < -0.39 is 23.7 Å². The van der Waals surface area contributed by atoms with Crippen LogP contribution in [0.4, 0.5) is 29.6 Å². The molecule has 0 spiro atoms. The Morgan fingerprint density at radius 3 is 2.40 bits per heavy atom. The van der Waals surface area contributed by atoms with Crippen molar-refractivity contribution in [2.75, 3.05) is 43.9 Å². The van der Waals surface area contributed by atoms with E-state index in [0.717, 1.165) is 37.6 Å². The minimum Gasteiger partial charge on any atom is -0.404 e. The quantitative estimate of drug-likeness (QED) is 0.130. The van der Waals surface area contributed by atoms with Crippen LogP contribution in [0.3, 0.4) is 0 Å². The highest BCUT2D eigenvalue weighted by molar-refractivity contribution is 5.99. The first kappa shape index (κ1) is 31.9. The third kappa shape index (κ3) is 10.1. The summed E-state index contributed by atoms with van der Waals surface area (Å²) in [5.74, 6) is -0.766. The molecule has 3 aromatic rings. The van der Waals surface area contributed by atoms with Crippen LogP contribution in [0.15, 0.2) is 59.5 Å². The molecular formula is C27H34F3N9O3. The Balaban J connectivity index is 1.62. The number of halogens is 3. The molecule has 8 N–H and O–H groups in total. The van der Waals surface area contributed by atoms with Gasteiger partial charge >= 0.3 is 12.4 Å². The molecule has 0 bridgehead atoms. The number of alkyl halides is 3. The number of carbonyl (C=O) groups excluding carboxylic acids is 1. The fourth-order valence-electron chi connectivity index (χ4n) is 3.99. The molecule has 0 saturated heterocycles. The number of guanidine groups is 1. The van der Waals surface area contributed by atoms with Gasteiger partial charge in [-0.2, -0.15) is 0 Å². The minimum atomic E-state index is -4.94. The molecule has 0 aliphatic rings. The topological polar surface area (TPSA) is 178 Å². The molecule has 0 radical (unpaired) electrons. The normalized spacial score (nSPS) is 11.3. The lowest BCUT2D eigenvalue weighted by Gasteiger charge is -2.24. The van der Waals surface area contributed by atoms with Crippen LogP contribution in [0, 0.1) is 5.41 Å². The lowest BCUT2D eigenvalue weighted by Crippen LogP contribution is -2.35. The Morgan fingerprint density at radius 1 is 1.07 bits per heavy atom. The summed E-state index contributed by atoms with van der Waals surface area (Å²) in [5, 5.41) is 12.0. The smallest absolute Gasteiger partial charge is 0.404 e. The largest absolute Gasteiger partial charge is 0.573 e. The number of amides is 2. The van der Waals surface area contributed by atoms with Crippen LogP contribution in [0.5, 0.6) is 5.75 Å². The Hall–Kier alpha value is -4.63. The minimum absolute atomic E-state index is 0.0244. The van der Waals surface area contributed by atoms with Gasteiger partial charge in [-0.25, -0.2) is 9.78 Å². The van der Waals surface area contributed by atoms with E-state index in [4.69, 9.17) is 16.9 Å². The van der Waals surface area contributed by atoms with Gasteiger partial charge in [-0.1, -0.05) is 36.4 Å². The molecule has 0 aliphatic heterocycles. The molecular weight excluding hydrogens is 555 g/mol. The molecule has 1 heterocycles. The lowest BCUT2D eigenvalue weighted by atomic mass is 10.1. The van der Waals surface area contributed by atoms with E-state index in [-0.39, 0.29) is 23.2 Å². The number of H-pyrrole nitrogens is 1. The molecule has 1 aromatic heterocycles. The van der Waals surface area contributed by atoms with E-state index in [1.807, 2.05) is 12.1 Å². The maximum Gasteiger partial charge on any atom is 0.573 e. The highest BCUT2D eigenvalue weighted by Crippen LogP contribution is 2.30. The zero-order valence-corrected chi connectivity index (χ0v) is 23.0. The maximum atomic E-state index is 12.7. The number of para-hydroxylation sites is 2. The van der Waals surface area contributed by atoms with Crippen LogP contribution in [0.25, 0.3) is 11.1 Å². The standard InChI is InChI=1S/C27H34F3N9O3/c1-38(24(32)33)13-5-15-39(14-4-12-31)17-18-8-10-19(11-9-18)20-16-34-25(36-23(20)40)37-26(41)35-21-6-2-3-7-22(21)42-27(28,29)30/h2-3,6-11,16H,4-5,12-15,17,31H2,1H3,(H3,32,33)(H3,34,35,36,37,40,41). The lowest BCUT2D eigenvalue weighted by molar-refractivity contribution is -0.274. The van der Waals surface area contributed by atoms with Gasteiger partial charge in [0.2, 0.25) is 5.95 Å². The average molecular weight is 590 g/mol. The SMILES string of the molecule is CN(CCCN(CCCN)Cc1ccc(-c2cnc(NC(=O)Nc3ccccc3OC(F)(F)F)[nH]c2=O)cc1)C(=N)N. The van der Waals surface area contributed by atoms with Crippen LogP contribution < -0.4 is 32.4 Å². The predicted molar refractivity (Wildman–Crippen MR) is 154 cm³/mol. The first-order valence-electron chi connectivity index (χ1n) is 13.0. The molecule has 0 fully saturated rings. The van der Waals surface area contributed by atoms with E-state index in [9.17, 15) is 22.8 Å². The van der Waals surface area contributed by atoms with Gasteiger partial charge in [0.05, 0.1) is 11.3 Å². The molecule has 15 heteroatoms. The number of aromatic amines is 1. The van der Waals surface area contributed by atoms with E-state index in [1.165, 1.54) is 24.4 Å². The highest BCUT2D eigenvalue weighted by atomic mass is 19.4. The Kier molecular flexibility index (Phi) is 11.3. The van der Waals surface area contributed by atoms with Crippen LogP contribution in [0.2, 0.25) is 0 Å². The third-order valence-electron chi connectivity index (χ3n) is 6.12. The van der Waals surface area contributed by atoms with Gasteiger partial charge < -0.3 is 26.4 Å². The van der Waals surface area contributed by atoms with Crippen molar-refractivity contribution >= 4 is 23.6 Å². The van der Waals surface area contributed by atoms with Gasteiger partial charge in [0, 0.05) is 32.9 Å². The van der Waals surface area contributed by atoms with E-state index >= 15 is 0 Å². The fourth-order valence-corrected chi connectivity index (χ4v) is 3.99. The van der Waals surface area contributed by atoms with Crippen molar-refractivity contribution in [3.8, 4) is 16.9 Å². The predicted octanol–water partition coefficient (Wildman–Crippen LogP) is 3.35. The molecule has 0 saturated carbocycles. The number of hydrogen-bond acceptors (Lipinski definition) is 7. The highest BCUT2D eigenvalue weighted by Gasteiger charge is 2.32. The van der Waals surface area contributed by atoms with Crippen molar-refractivity contribution in [2.45, 2.75) is 25.7 Å². The second-order valence-corrected chi connectivity index (χ2v) is 9.37. The van der Waals surface area contributed by atoms with Gasteiger partial charge in [-0.3, -0.25) is 25.4 Å². The summed E-state index contributed by atoms with van der Waals surface area (Å²) in [5.41, 5.74) is 12.4. The van der Waals surface area contributed by atoms with Gasteiger partial charge in [-0.15, -0.1) is 13.2 Å². The van der Waals surface area contributed by atoms with Crippen molar-refractivity contribution in [3.05, 3.63) is 70.6 Å². The number of aromatic nitrogens is 2. The first-order chi connectivity index (χ1) is 19.9. The number of benzene rings is 2. The van der Waals surface area contributed by atoms with Crippen LogP contribution in [-0.4, -0.2) is 71.3 Å². The van der Waals surface area contributed by atoms with Crippen molar-refractivity contribution in [1.29, 1.82) is 5.41 Å². The molecule has 12 nitrogen and oxygen atoms in total. The van der Waals surface area contributed by atoms with Gasteiger partial charge in [-0.05, 0) is 49.2 Å². The summed E-state index contributed by atoms with van der Waals surface area (Å²) in [6.07, 6.45) is -1.98. The number of nitrogens with two attached hydrogens (primary N) is 2. The number of nitrogens with zero attached hydrogens (tertiary/aromatic N) is 3. The van der Waals surface area contributed by atoms with E-state index in [2.05, 4.69) is 30.2 Å². The summed E-state index contributed by atoms with van der Waals surface area (Å²) in [6.45, 7) is 3.52. The fraction of sp³-hybridized carbons (Fsp3) is 0.333. The number of rotatable bonds is 13. The molecule has 2 amide bonds. The second-order valence-electron chi connectivity index (χ2n) is 9.37. The second kappa shape index (κ2) is 14.8. The van der Waals surface area contributed by atoms with Crippen LogP contribution in [-0.2, 0) is 6.54 Å². The monoisotopic (exact) mass is 589 g/mol. The van der Waals surface area contributed by atoms with Gasteiger partial charge in [0.25, 0.3) is 5.56 Å².